The molecule has 0 spiro atoms. The van der Waals surface area contributed by atoms with E-state index in [9.17, 15) is 18.0 Å². The quantitative estimate of drug-likeness (QED) is 0.316. The van der Waals surface area contributed by atoms with Gasteiger partial charge in [0.25, 0.3) is 10.1 Å². The molecule has 0 saturated carbocycles. The lowest BCUT2D eigenvalue weighted by atomic mass is 9.82. The van der Waals surface area contributed by atoms with Crippen LogP contribution < -0.4 is 10.6 Å². The summed E-state index contributed by atoms with van der Waals surface area (Å²) in [7, 11) is -3.68. The number of carbonyl (C=O) groups excluding carboxylic acids is 2. The molecule has 3 aromatic rings. The van der Waals surface area contributed by atoms with E-state index in [0.29, 0.717) is 11.4 Å². The summed E-state index contributed by atoms with van der Waals surface area (Å²) in [5.41, 5.74) is 3.80. The molecule has 0 bridgehead atoms. The summed E-state index contributed by atoms with van der Waals surface area (Å²) in [6, 6.07) is 23.7. The van der Waals surface area contributed by atoms with Crippen LogP contribution in [-0.2, 0) is 23.9 Å². The molecule has 0 aromatic heterocycles. The molecular weight excluding hydrogens is 464 g/mol. The Labute approximate surface area is 206 Å². The highest BCUT2D eigenvalue weighted by atomic mass is 32.2. The number of hydrogen-bond donors (Lipinski definition) is 2. The minimum atomic E-state index is -3.68. The molecule has 3 aromatic carbocycles. The molecule has 35 heavy (non-hydrogen) atoms. The molecule has 0 radical (unpaired) electrons. The third kappa shape index (κ3) is 8.05. The summed E-state index contributed by atoms with van der Waals surface area (Å²) in [6.45, 7) is 3.66. The zero-order valence-electron chi connectivity index (χ0n) is 20.0. The highest BCUT2D eigenvalue weighted by Crippen LogP contribution is 2.31. The molecule has 0 aliphatic heterocycles. The number of aryl methyl sites for hydroxylation is 2. The van der Waals surface area contributed by atoms with E-state index < -0.39 is 33.8 Å². The van der Waals surface area contributed by atoms with E-state index in [1.807, 2.05) is 80.6 Å². The molecule has 0 fully saturated rings. The third-order valence-electron chi connectivity index (χ3n) is 5.49. The van der Waals surface area contributed by atoms with E-state index in [1.54, 1.807) is 12.1 Å². The van der Waals surface area contributed by atoms with Crippen LogP contribution in [0.25, 0.3) is 0 Å². The van der Waals surface area contributed by atoms with Crippen LogP contribution in [0.3, 0.4) is 0 Å². The minimum absolute atomic E-state index is 0.143. The van der Waals surface area contributed by atoms with Gasteiger partial charge in [-0.05, 0) is 61.2 Å². The minimum Gasteiger partial charge on any atom is -0.325 e. The van der Waals surface area contributed by atoms with Crippen molar-refractivity contribution in [2.45, 2.75) is 26.2 Å². The fourth-order valence-corrected chi connectivity index (χ4v) is 4.32. The molecular formula is C27H30N2O5S. The smallest absolute Gasteiger partial charge is 0.264 e. The molecule has 0 aliphatic carbocycles. The topological polar surface area (TPSA) is 102 Å². The van der Waals surface area contributed by atoms with E-state index in [1.165, 1.54) is 0 Å². The maximum Gasteiger partial charge on any atom is 0.264 e. The van der Waals surface area contributed by atoms with Crippen molar-refractivity contribution in [1.82, 2.24) is 0 Å². The van der Waals surface area contributed by atoms with Crippen LogP contribution in [0.5, 0.6) is 0 Å². The van der Waals surface area contributed by atoms with Gasteiger partial charge in [-0.25, -0.2) is 0 Å². The van der Waals surface area contributed by atoms with Gasteiger partial charge in [-0.15, -0.1) is 0 Å². The molecule has 3 rings (SSSR count). The average Bonchev–Trinajstić information content (AvgIpc) is 2.78. The first-order valence-corrected chi connectivity index (χ1v) is 13.1. The average molecular weight is 495 g/mol. The van der Waals surface area contributed by atoms with Crippen molar-refractivity contribution < 1.29 is 22.2 Å². The van der Waals surface area contributed by atoms with E-state index in [0.717, 1.165) is 22.9 Å². The molecule has 7 nitrogen and oxygen atoms in total. The lowest BCUT2D eigenvalue weighted by Gasteiger charge is -2.26. The van der Waals surface area contributed by atoms with Gasteiger partial charge in [0.05, 0.1) is 12.9 Å². The predicted octanol–water partition coefficient (Wildman–Crippen LogP) is 4.65. The van der Waals surface area contributed by atoms with Crippen molar-refractivity contribution in [2.24, 2.45) is 5.92 Å². The molecule has 184 valence electrons. The molecule has 0 heterocycles. The van der Waals surface area contributed by atoms with Gasteiger partial charge < -0.3 is 10.6 Å². The number of carbonyl (C=O) groups is 2. The molecule has 2 N–H and O–H groups in total. The number of amides is 2. The highest BCUT2D eigenvalue weighted by Gasteiger charge is 2.36. The van der Waals surface area contributed by atoms with Crippen LogP contribution in [0.1, 0.15) is 29.0 Å². The molecule has 0 unspecified atom stereocenters. The first-order chi connectivity index (χ1) is 16.6. The molecule has 1 atom stereocenters. The Morgan fingerprint density at radius 2 is 1.31 bits per heavy atom. The number of anilines is 2. The molecule has 0 saturated heterocycles. The first kappa shape index (κ1) is 26.1. The highest BCUT2D eigenvalue weighted by molar-refractivity contribution is 7.85. The Morgan fingerprint density at radius 3 is 1.77 bits per heavy atom. The van der Waals surface area contributed by atoms with E-state index in [2.05, 4.69) is 10.6 Å². The number of hydrogen-bond acceptors (Lipinski definition) is 5. The second-order valence-electron chi connectivity index (χ2n) is 8.53. The summed E-state index contributed by atoms with van der Waals surface area (Å²) >= 11 is 0. The Hall–Kier alpha value is -3.49. The fourth-order valence-electron chi connectivity index (χ4n) is 3.92. The van der Waals surface area contributed by atoms with Gasteiger partial charge in [-0.3, -0.25) is 13.8 Å². The number of benzene rings is 3. The SMILES string of the molecule is Cc1cccc(NC(=O)C(C(=O)Nc2cccc(C)c2)[C@@H](CCOS(C)(=O)=O)c2ccccc2)c1. The second kappa shape index (κ2) is 11.8. The Morgan fingerprint density at radius 1 is 0.800 bits per heavy atom. The largest absolute Gasteiger partial charge is 0.325 e. The van der Waals surface area contributed by atoms with Crippen molar-refractivity contribution in [2.75, 3.05) is 23.5 Å². The summed E-state index contributed by atoms with van der Waals surface area (Å²) in [6.07, 6.45) is 1.11. The predicted molar refractivity (Wildman–Crippen MR) is 138 cm³/mol. The van der Waals surface area contributed by atoms with Crippen LogP contribution in [-0.4, -0.2) is 33.1 Å². The van der Waals surface area contributed by atoms with Crippen molar-refractivity contribution in [3.63, 3.8) is 0 Å². The zero-order valence-corrected chi connectivity index (χ0v) is 20.8. The van der Waals surface area contributed by atoms with E-state index >= 15 is 0 Å². The lowest BCUT2D eigenvalue weighted by molar-refractivity contribution is -0.130. The van der Waals surface area contributed by atoms with Gasteiger partial charge in [0, 0.05) is 17.3 Å². The van der Waals surface area contributed by atoms with Crippen molar-refractivity contribution >= 4 is 33.3 Å². The Balaban J connectivity index is 1.97. The van der Waals surface area contributed by atoms with Crippen molar-refractivity contribution in [3.8, 4) is 0 Å². The van der Waals surface area contributed by atoms with Crippen molar-refractivity contribution in [3.05, 3.63) is 95.6 Å². The van der Waals surface area contributed by atoms with Gasteiger partial charge in [0.15, 0.2) is 0 Å². The molecule has 0 aliphatic rings. The van der Waals surface area contributed by atoms with Gasteiger partial charge >= 0.3 is 0 Å². The van der Waals surface area contributed by atoms with Crippen LogP contribution in [0.15, 0.2) is 78.9 Å². The summed E-state index contributed by atoms with van der Waals surface area (Å²) < 4.78 is 28.1. The first-order valence-electron chi connectivity index (χ1n) is 11.3. The fraction of sp³-hybridized carbons (Fsp3) is 0.259. The molecule has 2 amide bonds. The van der Waals surface area contributed by atoms with Crippen LogP contribution in [0, 0.1) is 19.8 Å². The van der Waals surface area contributed by atoms with E-state index in [4.69, 9.17) is 4.18 Å². The van der Waals surface area contributed by atoms with Gasteiger partial charge in [-0.1, -0.05) is 54.6 Å². The van der Waals surface area contributed by atoms with Gasteiger partial charge in [-0.2, -0.15) is 8.42 Å². The van der Waals surface area contributed by atoms with E-state index in [-0.39, 0.29) is 13.0 Å². The summed E-state index contributed by atoms with van der Waals surface area (Å²) in [5.74, 6) is -2.77. The number of nitrogens with one attached hydrogen (secondary N) is 2. The maximum absolute atomic E-state index is 13.6. The second-order valence-corrected chi connectivity index (χ2v) is 10.2. The van der Waals surface area contributed by atoms with Gasteiger partial charge in [0.1, 0.15) is 5.92 Å². The van der Waals surface area contributed by atoms with Crippen LogP contribution in [0.2, 0.25) is 0 Å². The van der Waals surface area contributed by atoms with Crippen LogP contribution >= 0.6 is 0 Å². The van der Waals surface area contributed by atoms with Gasteiger partial charge in [0.2, 0.25) is 11.8 Å². The monoisotopic (exact) mass is 494 g/mol. The molecule has 8 heteroatoms. The van der Waals surface area contributed by atoms with Crippen LogP contribution in [0.4, 0.5) is 11.4 Å². The lowest BCUT2D eigenvalue weighted by Crippen LogP contribution is -2.38. The summed E-state index contributed by atoms with van der Waals surface area (Å²) in [5, 5.41) is 5.72. The third-order valence-corrected chi connectivity index (χ3v) is 6.09. The number of rotatable bonds is 10. The summed E-state index contributed by atoms with van der Waals surface area (Å²) in [4.78, 5) is 27.1. The normalized spacial score (nSPS) is 12.2. The van der Waals surface area contributed by atoms with Crippen molar-refractivity contribution in [1.29, 1.82) is 0 Å². The maximum atomic E-state index is 13.6. The standard InChI is InChI=1S/C27H30N2O5S/c1-19-9-7-13-22(17-19)28-26(30)25(27(31)29-23-14-8-10-20(2)18-23)24(15-16-34-35(3,32)33)21-11-5-4-6-12-21/h4-14,17-18,24-25H,15-16H2,1-3H3,(H,28,30)(H,29,31)/t24-/m0/s1. The Bertz CT molecular complexity index is 1220. The Kier molecular flexibility index (Phi) is 8.78. The zero-order chi connectivity index (χ0) is 25.4.